The van der Waals surface area contributed by atoms with E-state index in [1.165, 1.54) is 0 Å². The van der Waals surface area contributed by atoms with Gasteiger partial charge in [-0.3, -0.25) is 0 Å². The van der Waals surface area contributed by atoms with Crippen molar-refractivity contribution in [2.24, 2.45) is 5.73 Å². The predicted molar refractivity (Wildman–Crippen MR) is 50.8 cm³/mol. The number of hydrogen-bond acceptors (Lipinski definition) is 4. The highest BCUT2D eigenvalue weighted by molar-refractivity contribution is 5.40. The van der Waals surface area contributed by atoms with Crippen molar-refractivity contribution in [2.75, 3.05) is 12.4 Å². The number of pyridine rings is 1. The minimum Gasteiger partial charge on any atom is -0.495 e. The molecule has 2 rings (SSSR count). The van der Waals surface area contributed by atoms with Gasteiger partial charge < -0.3 is 15.8 Å². The third-order valence-corrected chi connectivity index (χ3v) is 2.15. The minimum atomic E-state index is 0.295. The topological polar surface area (TPSA) is 60.2 Å². The molecular weight excluding hydrogens is 166 g/mol. The molecule has 1 fully saturated rings. The van der Waals surface area contributed by atoms with Crippen LogP contribution < -0.4 is 15.8 Å². The zero-order chi connectivity index (χ0) is 9.26. The molecular formula is C9H13N3O. The first-order chi connectivity index (χ1) is 6.29. The van der Waals surface area contributed by atoms with Crippen LogP contribution in [0.15, 0.2) is 18.3 Å². The maximum Gasteiger partial charge on any atom is 0.137 e. The largest absolute Gasteiger partial charge is 0.495 e. The van der Waals surface area contributed by atoms with Gasteiger partial charge in [-0.25, -0.2) is 4.98 Å². The van der Waals surface area contributed by atoms with Crippen LogP contribution in [0.5, 0.6) is 5.75 Å². The fraction of sp³-hybridized carbons (Fsp3) is 0.444. The Balaban J connectivity index is 1.97. The molecule has 4 nitrogen and oxygen atoms in total. The summed E-state index contributed by atoms with van der Waals surface area (Å²) in [7, 11) is 1.63. The number of ether oxygens (including phenoxy) is 1. The second-order valence-electron chi connectivity index (χ2n) is 3.23. The van der Waals surface area contributed by atoms with E-state index >= 15 is 0 Å². The lowest BCUT2D eigenvalue weighted by atomic mass is 10.4. The molecule has 70 valence electrons. The number of nitrogens with zero attached hydrogens (tertiary/aromatic N) is 1. The highest BCUT2D eigenvalue weighted by Crippen LogP contribution is 2.23. The Morgan fingerprint density at radius 2 is 2.38 bits per heavy atom. The van der Waals surface area contributed by atoms with Gasteiger partial charge in [0.25, 0.3) is 0 Å². The van der Waals surface area contributed by atoms with Crippen molar-refractivity contribution in [2.45, 2.75) is 18.5 Å². The Bertz CT molecular complexity index is 285. The van der Waals surface area contributed by atoms with Gasteiger partial charge in [0.1, 0.15) is 11.6 Å². The minimum absolute atomic E-state index is 0.295. The molecule has 1 aromatic rings. The summed E-state index contributed by atoms with van der Waals surface area (Å²) in [6.07, 6.45) is 2.73. The molecule has 0 aromatic carbocycles. The van der Waals surface area contributed by atoms with Crippen molar-refractivity contribution >= 4 is 5.82 Å². The van der Waals surface area contributed by atoms with Crippen LogP contribution in [0, 0.1) is 0 Å². The Kier molecular flexibility index (Phi) is 2.06. The summed E-state index contributed by atoms with van der Waals surface area (Å²) < 4.78 is 5.00. The van der Waals surface area contributed by atoms with E-state index in [4.69, 9.17) is 10.5 Å². The molecule has 1 saturated carbocycles. The molecule has 2 atom stereocenters. The van der Waals surface area contributed by atoms with Crippen molar-refractivity contribution in [1.29, 1.82) is 0 Å². The lowest BCUT2D eigenvalue weighted by molar-refractivity contribution is 0.413. The first-order valence-electron chi connectivity index (χ1n) is 4.32. The summed E-state index contributed by atoms with van der Waals surface area (Å²) in [6.45, 7) is 0. The fourth-order valence-electron chi connectivity index (χ4n) is 1.16. The Labute approximate surface area is 77.1 Å². The molecule has 13 heavy (non-hydrogen) atoms. The molecule has 0 bridgehead atoms. The van der Waals surface area contributed by atoms with Gasteiger partial charge in [-0.05, 0) is 18.6 Å². The van der Waals surface area contributed by atoms with Gasteiger partial charge in [-0.15, -0.1) is 0 Å². The Morgan fingerprint density at radius 1 is 1.62 bits per heavy atom. The maximum absolute atomic E-state index is 5.66. The molecule has 2 unspecified atom stereocenters. The molecule has 0 aliphatic heterocycles. The Hall–Kier alpha value is -1.29. The van der Waals surface area contributed by atoms with Gasteiger partial charge in [-0.2, -0.15) is 0 Å². The standard InChI is InChI=1S/C9H13N3O/c1-13-6-2-3-9(11-5-6)12-8-4-7(8)10/h2-3,5,7-8H,4,10H2,1H3,(H,11,12). The number of methoxy groups -OCH3 is 1. The van der Waals surface area contributed by atoms with Crippen LogP contribution in [0.3, 0.4) is 0 Å². The molecule has 1 aliphatic rings. The average Bonchev–Trinajstić information content (AvgIpc) is 2.83. The first-order valence-corrected chi connectivity index (χ1v) is 4.32. The van der Waals surface area contributed by atoms with E-state index in [0.29, 0.717) is 12.1 Å². The summed E-state index contributed by atoms with van der Waals surface area (Å²) >= 11 is 0. The average molecular weight is 179 g/mol. The highest BCUT2D eigenvalue weighted by atomic mass is 16.5. The summed E-state index contributed by atoms with van der Waals surface area (Å²) in [5.74, 6) is 1.63. The third kappa shape index (κ3) is 1.89. The lowest BCUT2D eigenvalue weighted by Crippen LogP contribution is -2.13. The molecule has 0 radical (unpaired) electrons. The van der Waals surface area contributed by atoms with Crippen molar-refractivity contribution in [3.63, 3.8) is 0 Å². The third-order valence-electron chi connectivity index (χ3n) is 2.15. The zero-order valence-corrected chi connectivity index (χ0v) is 7.53. The van der Waals surface area contributed by atoms with E-state index < -0.39 is 0 Å². The number of aromatic nitrogens is 1. The normalized spacial score (nSPS) is 25.4. The summed E-state index contributed by atoms with van der Waals surface area (Å²) in [5.41, 5.74) is 5.66. The van der Waals surface area contributed by atoms with E-state index in [1.807, 2.05) is 12.1 Å². The summed E-state index contributed by atoms with van der Waals surface area (Å²) in [5, 5.41) is 3.23. The molecule has 3 N–H and O–H groups in total. The number of nitrogens with one attached hydrogen (secondary N) is 1. The SMILES string of the molecule is COc1ccc(NC2CC2N)nc1. The van der Waals surface area contributed by atoms with Gasteiger partial charge in [0, 0.05) is 12.1 Å². The molecule has 0 amide bonds. The monoisotopic (exact) mass is 179 g/mol. The molecule has 4 heteroatoms. The van der Waals surface area contributed by atoms with Crippen molar-refractivity contribution in [3.05, 3.63) is 18.3 Å². The van der Waals surface area contributed by atoms with Gasteiger partial charge in [0.15, 0.2) is 0 Å². The van der Waals surface area contributed by atoms with Crippen molar-refractivity contribution < 1.29 is 4.74 Å². The molecule has 1 aliphatic carbocycles. The second kappa shape index (κ2) is 3.22. The maximum atomic E-state index is 5.66. The number of rotatable bonds is 3. The summed E-state index contributed by atoms with van der Waals surface area (Å²) in [6, 6.07) is 4.47. The second-order valence-corrected chi connectivity index (χ2v) is 3.23. The van der Waals surface area contributed by atoms with Crippen LogP contribution in [0.1, 0.15) is 6.42 Å². The smallest absolute Gasteiger partial charge is 0.137 e. The van der Waals surface area contributed by atoms with Crippen LogP contribution in [-0.2, 0) is 0 Å². The number of nitrogens with two attached hydrogens (primary N) is 1. The van der Waals surface area contributed by atoms with Crippen LogP contribution in [0.4, 0.5) is 5.82 Å². The van der Waals surface area contributed by atoms with E-state index in [0.717, 1.165) is 18.0 Å². The molecule has 1 aromatic heterocycles. The summed E-state index contributed by atoms with van der Waals surface area (Å²) in [4.78, 5) is 4.17. The van der Waals surface area contributed by atoms with Gasteiger partial charge in [0.05, 0.1) is 13.3 Å². The molecule has 0 spiro atoms. The van der Waals surface area contributed by atoms with Crippen LogP contribution in [0.25, 0.3) is 0 Å². The van der Waals surface area contributed by atoms with E-state index in [9.17, 15) is 0 Å². The Morgan fingerprint density at radius 3 is 2.85 bits per heavy atom. The molecule has 1 heterocycles. The lowest BCUT2D eigenvalue weighted by Gasteiger charge is -2.04. The molecule has 0 saturated heterocycles. The number of anilines is 1. The predicted octanol–water partition coefficient (Wildman–Crippen LogP) is 0.602. The fourth-order valence-corrected chi connectivity index (χ4v) is 1.16. The van der Waals surface area contributed by atoms with Gasteiger partial charge in [-0.1, -0.05) is 0 Å². The van der Waals surface area contributed by atoms with Gasteiger partial charge in [0.2, 0.25) is 0 Å². The van der Waals surface area contributed by atoms with Crippen LogP contribution in [-0.4, -0.2) is 24.2 Å². The van der Waals surface area contributed by atoms with Crippen molar-refractivity contribution in [3.8, 4) is 5.75 Å². The van der Waals surface area contributed by atoms with Crippen LogP contribution >= 0.6 is 0 Å². The highest BCUT2D eigenvalue weighted by Gasteiger charge is 2.33. The van der Waals surface area contributed by atoms with E-state index in [1.54, 1.807) is 13.3 Å². The van der Waals surface area contributed by atoms with E-state index in [2.05, 4.69) is 10.3 Å². The number of hydrogen-bond donors (Lipinski definition) is 2. The zero-order valence-electron chi connectivity index (χ0n) is 7.53. The van der Waals surface area contributed by atoms with Crippen LogP contribution in [0.2, 0.25) is 0 Å². The first kappa shape index (κ1) is 8.31. The van der Waals surface area contributed by atoms with E-state index in [-0.39, 0.29) is 0 Å². The quantitative estimate of drug-likeness (QED) is 0.713. The van der Waals surface area contributed by atoms with Gasteiger partial charge >= 0.3 is 0 Å². The van der Waals surface area contributed by atoms with Crippen molar-refractivity contribution in [1.82, 2.24) is 4.98 Å².